The molecule has 2 atom stereocenters. The molecule has 6 heteroatoms. The average Bonchev–Trinajstić information content (AvgIpc) is 2.37. The third-order valence-corrected chi connectivity index (χ3v) is 3.68. The normalized spacial score (nSPS) is 21.9. The summed E-state index contributed by atoms with van der Waals surface area (Å²) in [5, 5.41) is 11.9. The van der Waals surface area contributed by atoms with Gasteiger partial charge in [-0.25, -0.2) is 4.79 Å². The minimum atomic E-state index is -1.22. The maximum atomic E-state index is 12.0. The number of amides is 1. The predicted octanol–water partition coefficient (Wildman–Crippen LogP) is 0.110. The molecular weight excluding hydrogens is 236 g/mol. The molecule has 0 saturated carbocycles. The van der Waals surface area contributed by atoms with Crippen molar-refractivity contribution in [1.29, 1.82) is 0 Å². The molecule has 0 aromatic heterocycles. The maximum Gasteiger partial charge on any atom is 0.329 e. The summed E-state index contributed by atoms with van der Waals surface area (Å²) in [5.74, 6) is -1.39. The molecule has 1 aliphatic heterocycles. The fourth-order valence-corrected chi connectivity index (χ4v) is 1.94. The number of carbonyl (C=O) groups excluding carboxylic acids is 1. The lowest BCUT2D eigenvalue weighted by molar-refractivity contribution is -0.152. The van der Waals surface area contributed by atoms with E-state index in [0.29, 0.717) is 13.2 Å². The summed E-state index contributed by atoms with van der Waals surface area (Å²) >= 11 is 0. The summed E-state index contributed by atoms with van der Waals surface area (Å²) in [6, 6.07) is -0.672. The molecule has 0 radical (unpaired) electrons. The summed E-state index contributed by atoms with van der Waals surface area (Å²) < 4.78 is 5.14. The Bertz CT molecular complexity index is 313. The van der Waals surface area contributed by atoms with Gasteiger partial charge >= 0.3 is 5.97 Å². The summed E-state index contributed by atoms with van der Waals surface area (Å²) in [7, 11) is 0. The molecule has 18 heavy (non-hydrogen) atoms. The van der Waals surface area contributed by atoms with Crippen LogP contribution in [0.4, 0.5) is 0 Å². The zero-order valence-electron chi connectivity index (χ0n) is 10.9. The molecule has 1 amide bonds. The molecule has 1 rings (SSSR count). The van der Waals surface area contributed by atoms with E-state index in [1.807, 2.05) is 13.8 Å². The lowest BCUT2D eigenvalue weighted by atomic mass is 9.89. The average molecular weight is 258 g/mol. The smallest absolute Gasteiger partial charge is 0.329 e. The Balaban J connectivity index is 2.72. The van der Waals surface area contributed by atoms with Crippen LogP contribution < -0.4 is 11.1 Å². The van der Waals surface area contributed by atoms with Crippen LogP contribution >= 0.6 is 0 Å². The van der Waals surface area contributed by atoms with E-state index in [9.17, 15) is 14.7 Å². The van der Waals surface area contributed by atoms with E-state index in [4.69, 9.17) is 10.5 Å². The second-order valence-electron chi connectivity index (χ2n) is 4.90. The van der Waals surface area contributed by atoms with E-state index in [1.54, 1.807) is 0 Å². The van der Waals surface area contributed by atoms with Crippen molar-refractivity contribution in [3.05, 3.63) is 0 Å². The molecule has 1 saturated heterocycles. The second-order valence-corrected chi connectivity index (χ2v) is 4.90. The molecule has 0 aliphatic carbocycles. The Morgan fingerprint density at radius 3 is 2.44 bits per heavy atom. The van der Waals surface area contributed by atoms with Gasteiger partial charge in [0.15, 0.2) is 0 Å². The Kier molecular flexibility index (Phi) is 5.10. The number of rotatable bonds is 5. The van der Waals surface area contributed by atoms with Crippen LogP contribution in [0.2, 0.25) is 0 Å². The summed E-state index contributed by atoms with van der Waals surface area (Å²) in [6.45, 7) is 4.50. The van der Waals surface area contributed by atoms with Gasteiger partial charge in [-0.1, -0.05) is 20.3 Å². The van der Waals surface area contributed by atoms with Crippen LogP contribution in [0.3, 0.4) is 0 Å². The van der Waals surface area contributed by atoms with Gasteiger partial charge in [-0.3, -0.25) is 4.79 Å². The molecule has 1 heterocycles. The van der Waals surface area contributed by atoms with Gasteiger partial charge in [-0.15, -0.1) is 0 Å². The van der Waals surface area contributed by atoms with E-state index in [1.165, 1.54) is 0 Å². The van der Waals surface area contributed by atoms with Gasteiger partial charge in [0, 0.05) is 26.1 Å². The van der Waals surface area contributed by atoms with Crippen molar-refractivity contribution >= 4 is 11.9 Å². The third kappa shape index (κ3) is 3.20. The van der Waals surface area contributed by atoms with Gasteiger partial charge < -0.3 is 20.9 Å². The molecule has 104 valence electrons. The molecule has 6 nitrogen and oxygen atoms in total. The number of carboxylic acid groups (broad SMARTS) is 1. The summed E-state index contributed by atoms with van der Waals surface area (Å²) in [5.41, 5.74) is 4.59. The Morgan fingerprint density at radius 1 is 1.44 bits per heavy atom. The van der Waals surface area contributed by atoms with Crippen molar-refractivity contribution in [2.24, 2.45) is 11.7 Å². The lowest BCUT2D eigenvalue weighted by Gasteiger charge is -2.35. The first kappa shape index (κ1) is 14.9. The number of nitrogens with one attached hydrogen (secondary N) is 1. The van der Waals surface area contributed by atoms with Crippen LogP contribution in [-0.2, 0) is 14.3 Å². The Labute approximate surface area is 107 Å². The van der Waals surface area contributed by atoms with E-state index in [0.717, 1.165) is 6.42 Å². The zero-order valence-corrected chi connectivity index (χ0v) is 10.9. The van der Waals surface area contributed by atoms with Crippen molar-refractivity contribution in [2.75, 3.05) is 13.2 Å². The minimum absolute atomic E-state index is 0.0238. The van der Waals surface area contributed by atoms with E-state index >= 15 is 0 Å². The third-order valence-electron chi connectivity index (χ3n) is 3.68. The number of aliphatic carboxylic acids is 1. The maximum absolute atomic E-state index is 12.0. The Morgan fingerprint density at radius 2 is 2.00 bits per heavy atom. The van der Waals surface area contributed by atoms with E-state index in [2.05, 4.69) is 5.32 Å². The first-order valence-corrected chi connectivity index (χ1v) is 6.31. The van der Waals surface area contributed by atoms with Crippen molar-refractivity contribution < 1.29 is 19.4 Å². The van der Waals surface area contributed by atoms with Gasteiger partial charge in [0.1, 0.15) is 5.54 Å². The summed E-state index contributed by atoms with van der Waals surface area (Å²) in [6.07, 6.45) is 1.33. The first-order valence-electron chi connectivity index (χ1n) is 6.31. The number of hydrogen-bond acceptors (Lipinski definition) is 4. The molecule has 4 N–H and O–H groups in total. The molecule has 0 aromatic carbocycles. The molecular formula is C12H22N2O4. The van der Waals surface area contributed by atoms with Crippen molar-refractivity contribution in [2.45, 2.75) is 44.7 Å². The van der Waals surface area contributed by atoms with E-state index in [-0.39, 0.29) is 18.8 Å². The number of carboxylic acids is 1. The van der Waals surface area contributed by atoms with Gasteiger partial charge in [0.05, 0.1) is 6.04 Å². The lowest BCUT2D eigenvalue weighted by Crippen LogP contribution is -2.61. The molecule has 0 spiro atoms. The highest BCUT2D eigenvalue weighted by atomic mass is 16.5. The molecule has 1 fully saturated rings. The van der Waals surface area contributed by atoms with Gasteiger partial charge in [-0.05, 0) is 5.92 Å². The fourth-order valence-electron chi connectivity index (χ4n) is 1.94. The molecule has 0 bridgehead atoms. The topological polar surface area (TPSA) is 102 Å². The van der Waals surface area contributed by atoms with Crippen LogP contribution in [-0.4, -0.2) is 41.8 Å². The first-order chi connectivity index (χ1) is 8.43. The van der Waals surface area contributed by atoms with Gasteiger partial charge in [-0.2, -0.15) is 0 Å². The number of nitrogens with two attached hydrogens (primary N) is 1. The number of ether oxygens (including phenoxy) is 1. The Hall–Kier alpha value is -1.14. The standard InChI is InChI=1S/C12H22N2O4/c1-3-8(2)9(13)10(15)14-12(11(16)17)4-6-18-7-5-12/h8-9H,3-7,13H2,1-2H3,(H,14,15)(H,16,17). The highest BCUT2D eigenvalue weighted by Gasteiger charge is 2.42. The van der Waals surface area contributed by atoms with Crippen LogP contribution in [0.25, 0.3) is 0 Å². The van der Waals surface area contributed by atoms with Gasteiger partial charge in [0.25, 0.3) is 0 Å². The number of hydrogen-bond donors (Lipinski definition) is 3. The quantitative estimate of drug-likeness (QED) is 0.649. The minimum Gasteiger partial charge on any atom is -0.480 e. The second kappa shape index (κ2) is 6.15. The zero-order chi connectivity index (χ0) is 13.8. The van der Waals surface area contributed by atoms with Crippen molar-refractivity contribution in [3.63, 3.8) is 0 Å². The SMILES string of the molecule is CCC(C)C(N)C(=O)NC1(C(=O)O)CCOCC1. The largest absolute Gasteiger partial charge is 0.480 e. The predicted molar refractivity (Wildman–Crippen MR) is 66.0 cm³/mol. The van der Waals surface area contributed by atoms with Crippen LogP contribution in [0.1, 0.15) is 33.1 Å². The highest BCUT2D eigenvalue weighted by Crippen LogP contribution is 2.21. The van der Waals surface area contributed by atoms with Crippen LogP contribution in [0.5, 0.6) is 0 Å². The molecule has 2 unspecified atom stereocenters. The van der Waals surface area contributed by atoms with Gasteiger partial charge in [0.2, 0.25) is 5.91 Å². The van der Waals surface area contributed by atoms with E-state index < -0.39 is 23.5 Å². The molecule has 0 aromatic rings. The summed E-state index contributed by atoms with van der Waals surface area (Å²) in [4.78, 5) is 23.3. The monoisotopic (exact) mass is 258 g/mol. The van der Waals surface area contributed by atoms with Crippen molar-refractivity contribution in [3.8, 4) is 0 Å². The van der Waals surface area contributed by atoms with Crippen molar-refractivity contribution in [1.82, 2.24) is 5.32 Å². The van der Waals surface area contributed by atoms with Crippen LogP contribution in [0.15, 0.2) is 0 Å². The highest BCUT2D eigenvalue weighted by molar-refractivity contribution is 5.89. The fraction of sp³-hybridized carbons (Fsp3) is 0.833. The van der Waals surface area contributed by atoms with Crippen LogP contribution in [0, 0.1) is 5.92 Å². The molecule has 1 aliphatic rings. The number of carbonyl (C=O) groups is 2.